The Morgan fingerprint density at radius 1 is 1.04 bits per heavy atom. The predicted octanol–water partition coefficient (Wildman–Crippen LogP) is 0.776. The lowest BCUT2D eigenvalue weighted by Crippen LogP contribution is -2.53. The molecule has 0 aromatic rings. The summed E-state index contributed by atoms with van der Waals surface area (Å²) in [5.41, 5.74) is 0. The molecule has 0 spiro atoms. The number of methoxy groups -OCH3 is 1. The number of carbonyl (C=O) groups is 5. The monoisotopic (exact) mass is 388 g/mol. The van der Waals surface area contributed by atoms with Crippen LogP contribution in [0.2, 0.25) is 0 Å². The van der Waals surface area contributed by atoms with Crippen LogP contribution in [0, 0.1) is 5.92 Å². The van der Waals surface area contributed by atoms with Crippen LogP contribution in [0.1, 0.15) is 41.0 Å². The third-order valence-electron chi connectivity index (χ3n) is 3.67. The lowest BCUT2D eigenvalue weighted by molar-refractivity contribution is -0.152. The molecule has 0 aromatic heterocycles. The molecule has 0 aliphatic rings. The van der Waals surface area contributed by atoms with Crippen LogP contribution in [0.15, 0.2) is 0 Å². The molecule has 8 nitrogen and oxygen atoms in total. The van der Waals surface area contributed by atoms with Crippen LogP contribution in [0.25, 0.3) is 0 Å². The maximum Gasteiger partial charge on any atom is 0.374 e. The molecule has 148 valence electrons. The molecule has 0 bridgehead atoms. The number of nitrogens with zero attached hydrogens (tertiary/aromatic N) is 1. The molecule has 0 saturated heterocycles. The van der Waals surface area contributed by atoms with Crippen LogP contribution in [-0.4, -0.2) is 65.1 Å². The fourth-order valence-corrected chi connectivity index (χ4v) is 3.02. The van der Waals surface area contributed by atoms with Crippen molar-refractivity contribution in [2.75, 3.05) is 20.2 Å². The topological polar surface area (TPSA) is 110 Å². The first-order chi connectivity index (χ1) is 12.1. The maximum atomic E-state index is 12.7. The number of Topliss-reactive ketones (excluding diaryl/α,β-unsaturated/α-hetero) is 1. The Labute approximate surface area is 158 Å². The third-order valence-corrected chi connectivity index (χ3v) is 4.72. The van der Waals surface area contributed by atoms with Crippen LogP contribution in [0.4, 0.5) is 0 Å². The van der Waals surface area contributed by atoms with Gasteiger partial charge in [0.1, 0.15) is 6.04 Å². The molecule has 0 radical (unpaired) electrons. The van der Waals surface area contributed by atoms with Crippen LogP contribution in [0.5, 0.6) is 0 Å². The summed E-state index contributed by atoms with van der Waals surface area (Å²) in [6, 6.07) is -0.910. The number of nitrogens with one attached hydrogen (secondary N) is 1. The summed E-state index contributed by atoms with van der Waals surface area (Å²) in [6.45, 7) is 9.60. The quantitative estimate of drug-likeness (QED) is 0.334. The van der Waals surface area contributed by atoms with Crippen molar-refractivity contribution >= 4 is 40.4 Å². The molecule has 0 aliphatic heterocycles. The van der Waals surface area contributed by atoms with Crippen molar-refractivity contribution in [2.24, 2.45) is 5.92 Å². The number of rotatable bonds is 10. The van der Waals surface area contributed by atoms with E-state index in [-0.39, 0.29) is 17.7 Å². The average molecular weight is 388 g/mol. The Bertz CT molecular complexity index is 545. The summed E-state index contributed by atoms with van der Waals surface area (Å²) >= 11 is 0.755. The number of amides is 2. The predicted molar refractivity (Wildman–Crippen MR) is 98.4 cm³/mol. The van der Waals surface area contributed by atoms with Crippen molar-refractivity contribution < 1.29 is 28.7 Å². The van der Waals surface area contributed by atoms with Gasteiger partial charge in [0.15, 0.2) is 5.12 Å². The molecule has 9 heteroatoms. The summed E-state index contributed by atoms with van der Waals surface area (Å²) in [5, 5.41) is 1.50. The van der Waals surface area contributed by atoms with Gasteiger partial charge >= 0.3 is 5.97 Å². The standard InChI is InChI=1S/C17H28N2O6S/c1-7-19(8-2)16(23)14(18-15(22)10(3)4)11(5)26-13(21)9-12(20)17(24)25-6/h10-11,14H,7-9H2,1-6H3,(H,18,22). The molecule has 0 aliphatic carbocycles. The van der Waals surface area contributed by atoms with Gasteiger partial charge in [-0.2, -0.15) is 0 Å². The van der Waals surface area contributed by atoms with Crippen LogP contribution in [-0.2, 0) is 28.7 Å². The average Bonchev–Trinajstić information content (AvgIpc) is 2.58. The Kier molecular flexibility index (Phi) is 10.8. The van der Waals surface area contributed by atoms with Crippen LogP contribution >= 0.6 is 11.8 Å². The maximum absolute atomic E-state index is 12.7. The highest BCUT2D eigenvalue weighted by Gasteiger charge is 2.32. The summed E-state index contributed by atoms with van der Waals surface area (Å²) in [5.74, 6) is -2.96. The van der Waals surface area contributed by atoms with Gasteiger partial charge in [-0.3, -0.25) is 19.2 Å². The van der Waals surface area contributed by atoms with E-state index in [1.165, 1.54) is 0 Å². The van der Waals surface area contributed by atoms with E-state index in [9.17, 15) is 24.0 Å². The molecule has 0 heterocycles. The van der Waals surface area contributed by atoms with Gasteiger partial charge in [0.2, 0.25) is 17.6 Å². The minimum Gasteiger partial charge on any atom is -0.463 e. The zero-order chi connectivity index (χ0) is 20.4. The summed E-state index contributed by atoms with van der Waals surface area (Å²) in [6.07, 6.45) is -0.619. The van der Waals surface area contributed by atoms with Crippen LogP contribution < -0.4 is 5.32 Å². The molecular weight excluding hydrogens is 360 g/mol. The molecule has 0 fully saturated rings. The van der Waals surface area contributed by atoms with Crippen molar-refractivity contribution in [1.29, 1.82) is 0 Å². The molecule has 2 amide bonds. The highest BCUT2D eigenvalue weighted by molar-refractivity contribution is 8.14. The van der Waals surface area contributed by atoms with Gasteiger partial charge in [-0.05, 0) is 13.8 Å². The first kappa shape index (κ1) is 24.1. The van der Waals surface area contributed by atoms with Gasteiger partial charge in [0.05, 0.1) is 13.5 Å². The second kappa shape index (κ2) is 11.7. The van der Waals surface area contributed by atoms with Gasteiger partial charge in [0, 0.05) is 24.3 Å². The lowest BCUT2D eigenvalue weighted by Gasteiger charge is -2.29. The van der Waals surface area contributed by atoms with E-state index in [1.54, 1.807) is 25.7 Å². The van der Waals surface area contributed by atoms with Gasteiger partial charge in [0.25, 0.3) is 0 Å². The van der Waals surface area contributed by atoms with Gasteiger partial charge in [-0.1, -0.05) is 32.5 Å². The lowest BCUT2D eigenvalue weighted by atomic mass is 10.1. The van der Waals surface area contributed by atoms with E-state index in [1.807, 2.05) is 13.8 Å². The molecule has 0 rings (SSSR count). The fraction of sp³-hybridized carbons (Fsp3) is 0.706. The first-order valence-electron chi connectivity index (χ1n) is 8.48. The van der Waals surface area contributed by atoms with Crippen LogP contribution in [0.3, 0.4) is 0 Å². The summed E-state index contributed by atoms with van der Waals surface area (Å²) in [4.78, 5) is 61.0. The van der Waals surface area contributed by atoms with Gasteiger partial charge in [-0.15, -0.1) is 0 Å². The second-order valence-corrected chi connectivity index (χ2v) is 7.37. The number of ether oxygens (including phenoxy) is 1. The number of likely N-dealkylation sites (N-methyl/N-ethyl adjacent to an activating group) is 1. The molecule has 0 saturated carbocycles. The third kappa shape index (κ3) is 7.55. The number of esters is 1. The highest BCUT2D eigenvalue weighted by Crippen LogP contribution is 2.19. The molecule has 0 aromatic carbocycles. The Morgan fingerprint density at radius 3 is 2.00 bits per heavy atom. The molecule has 2 unspecified atom stereocenters. The van der Waals surface area contributed by atoms with Gasteiger partial charge in [-0.25, -0.2) is 4.79 Å². The Hall–Kier alpha value is -1.90. The zero-order valence-electron chi connectivity index (χ0n) is 16.2. The summed E-state index contributed by atoms with van der Waals surface area (Å²) < 4.78 is 4.28. The number of carbonyl (C=O) groups excluding carboxylic acids is 5. The largest absolute Gasteiger partial charge is 0.463 e. The van der Waals surface area contributed by atoms with Gasteiger partial charge < -0.3 is 15.0 Å². The Balaban J connectivity index is 5.19. The zero-order valence-corrected chi connectivity index (χ0v) is 17.0. The van der Waals surface area contributed by atoms with E-state index >= 15 is 0 Å². The van der Waals surface area contributed by atoms with Crippen molar-refractivity contribution in [3.63, 3.8) is 0 Å². The highest BCUT2D eigenvalue weighted by atomic mass is 32.2. The first-order valence-corrected chi connectivity index (χ1v) is 9.36. The number of thioether (sulfide) groups is 1. The van der Waals surface area contributed by atoms with E-state index < -0.39 is 34.6 Å². The number of ketones is 1. The summed E-state index contributed by atoms with van der Waals surface area (Å²) in [7, 11) is 1.06. The SMILES string of the molecule is CCN(CC)C(=O)C(NC(=O)C(C)C)C(C)SC(=O)CC(=O)C(=O)OC. The molecule has 1 N–H and O–H groups in total. The van der Waals surface area contributed by atoms with E-state index in [0.717, 1.165) is 18.9 Å². The molecule has 26 heavy (non-hydrogen) atoms. The minimum absolute atomic E-state index is 0.295. The van der Waals surface area contributed by atoms with Crippen molar-refractivity contribution in [2.45, 2.75) is 52.3 Å². The molecule has 2 atom stereocenters. The van der Waals surface area contributed by atoms with Crippen molar-refractivity contribution in [3.8, 4) is 0 Å². The van der Waals surface area contributed by atoms with E-state index in [0.29, 0.717) is 13.1 Å². The van der Waals surface area contributed by atoms with Crippen molar-refractivity contribution in [3.05, 3.63) is 0 Å². The Morgan fingerprint density at radius 2 is 1.58 bits per heavy atom. The smallest absolute Gasteiger partial charge is 0.374 e. The number of hydrogen-bond donors (Lipinski definition) is 1. The molecular formula is C17H28N2O6S. The minimum atomic E-state index is -1.09. The second-order valence-electron chi connectivity index (χ2n) is 5.94. The van der Waals surface area contributed by atoms with Crippen molar-refractivity contribution in [1.82, 2.24) is 10.2 Å². The normalized spacial score (nSPS) is 12.9. The fourth-order valence-electron chi connectivity index (χ4n) is 2.07. The van der Waals surface area contributed by atoms with E-state index in [2.05, 4.69) is 10.1 Å². The van der Waals surface area contributed by atoms with E-state index in [4.69, 9.17) is 0 Å². The number of hydrogen-bond acceptors (Lipinski definition) is 7.